The van der Waals surface area contributed by atoms with Crippen molar-refractivity contribution in [2.75, 3.05) is 50.3 Å². The number of amides is 2. The van der Waals surface area contributed by atoms with Gasteiger partial charge >= 0.3 is 0 Å². The van der Waals surface area contributed by atoms with Crippen LogP contribution in [0.3, 0.4) is 0 Å². The van der Waals surface area contributed by atoms with E-state index in [2.05, 4.69) is 27.6 Å². The highest BCUT2D eigenvalue weighted by Crippen LogP contribution is 2.31. The lowest BCUT2D eigenvalue weighted by molar-refractivity contribution is -0.118. The smallest absolute Gasteiger partial charge is 0.262 e. The first-order valence-electron chi connectivity index (χ1n) is 11.8. The van der Waals surface area contributed by atoms with Crippen molar-refractivity contribution < 1.29 is 19.1 Å². The molecule has 0 fully saturated rings. The maximum atomic E-state index is 12.9. The molecule has 1 aliphatic rings. The largest absolute Gasteiger partial charge is 0.484 e. The fraction of sp³-hybridized carbons (Fsp3) is 0.346. The van der Waals surface area contributed by atoms with Gasteiger partial charge in [0.15, 0.2) is 11.7 Å². The number of aryl methyl sites for hydroxylation is 1. The molecule has 0 saturated carbocycles. The molecule has 1 heterocycles. The van der Waals surface area contributed by atoms with Gasteiger partial charge in [0.2, 0.25) is 0 Å². The Morgan fingerprint density at radius 3 is 2.78 bits per heavy atom. The van der Waals surface area contributed by atoms with Crippen molar-refractivity contribution >= 4 is 39.7 Å². The molecule has 0 spiro atoms. The maximum Gasteiger partial charge on any atom is 0.262 e. The van der Waals surface area contributed by atoms with Gasteiger partial charge < -0.3 is 25.4 Å². The van der Waals surface area contributed by atoms with Crippen molar-refractivity contribution in [1.29, 1.82) is 0 Å². The first kappa shape index (κ1) is 25.6. The third-order valence-corrected chi connectivity index (χ3v) is 7.10. The van der Waals surface area contributed by atoms with E-state index < -0.39 is 0 Å². The van der Waals surface area contributed by atoms with E-state index in [1.807, 2.05) is 0 Å². The standard InChI is InChI=1S/C26H31N5O4S/c1-31(12-13-34-2)20-10-11-22-23(15-20)36-26(29-22)30-25(33)17-4-3-5-21(14-17)35-16-24(32)28-19-8-6-18(27)7-9-19/h3-9,14,20H,10-13,15-16,27H2,1-2H3,(H,28,32)(H,29,30,33). The summed E-state index contributed by atoms with van der Waals surface area (Å²) in [5.74, 6) is -0.156. The molecule has 4 N–H and O–H groups in total. The monoisotopic (exact) mass is 509 g/mol. The van der Waals surface area contributed by atoms with Crippen LogP contribution in [0.4, 0.5) is 16.5 Å². The highest BCUT2D eigenvalue weighted by Gasteiger charge is 2.25. The number of rotatable bonds is 10. The lowest BCUT2D eigenvalue weighted by Gasteiger charge is -2.30. The number of nitrogens with zero attached hydrogens (tertiary/aromatic N) is 2. The minimum atomic E-state index is -0.311. The zero-order valence-corrected chi connectivity index (χ0v) is 21.3. The van der Waals surface area contributed by atoms with Gasteiger partial charge in [0.1, 0.15) is 5.75 Å². The van der Waals surface area contributed by atoms with Crippen LogP contribution in [-0.2, 0) is 22.4 Å². The zero-order valence-electron chi connectivity index (χ0n) is 20.5. The SMILES string of the molecule is COCCN(C)C1CCc2nc(NC(=O)c3cccc(OCC(=O)Nc4ccc(N)cc4)c3)sc2C1. The van der Waals surface area contributed by atoms with Crippen molar-refractivity contribution in [2.24, 2.45) is 0 Å². The summed E-state index contributed by atoms with van der Waals surface area (Å²) in [6, 6.07) is 14.0. The highest BCUT2D eigenvalue weighted by atomic mass is 32.1. The van der Waals surface area contributed by atoms with Crippen molar-refractivity contribution in [2.45, 2.75) is 25.3 Å². The molecule has 0 radical (unpaired) electrons. The minimum absolute atomic E-state index is 0.186. The summed E-state index contributed by atoms with van der Waals surface area (Å²) in [6.07, 6.45) is 2.85. The molecule has 0 bridgehead atoms. The Bertz CT molecular complexity index is 1200. The van der Waals surface area contributed by atoms with E-state index in [1.54, 1.807) is 55.6 Å². The number of carbonyl (C=O) groups is 2. The molecule has 9 nitrogen and oxygen atoms in total. The van der Waals surface area contributed by atoms with Crippen LogP contribution < -0.4 is 21.1 Å². The number of methoxy groups -OCH3 is 1. The molecule has 2 aromatic carbocycles. The predicted molar refractivity (Wildman–Crippen MR) is 142 cm³/mol. The quantitative estimate of drug-likeness (QED) is 0.358. The summed E-state index contributed by atoms with van der Waals surface area (Å²) < 4.78 is 10.8. The molecule has 1 unspecified atom stereocenters. The average molecular weight is 510 g/mol. The fourth-order valence-electron chi connectivity index (χ4n) is 4.01. The number of nitrogen functional groups attached to an aromatic ring is 1. The zero-order chi connectivity index (χ0) is 25.5. The van der Waals surface area contributed by atoms with Crippen LogP contribution in [0, 0.1) is 0 Å². The topological polar surface area (TPSA) is 119 Å². The van der Waals surface area contributed by atoms with Gasteiger partial charge in [-0.2, -0.15) is 0 Å². The highest BCUT2D eigenvalue weighted by molar-refractivity contribution is 7.15. The molecule has 190 valence electrons. The number of hydrogen-bond acceptors (Lipinski definition) is 8. The Hall–Kier alpha value is -3.47. The normalized spacial score (nSPS) is 14.8. The maximum absolute atomic E-state index is 12.9. The Morgan fingerprint density at radius 2 is 2.00 bits per heavy atom. The van der Waals surface area contributed by atoms with E-state index in [1.165, 1.54) is 16.2 Å². The minimum Gasteiger partial charge on any atom is -0.484 e. The van der Waals surface area contributed by atoms with Crippen LogP contribution in [0.25, 0.3) is 0 Å². The first-order chi connectivity index (χ1) is 17.4. The number of aromatic nitrogens is 1. The van der Waals surface area contributed by atoms with E-state index in [0.29, 0.717) is 40.5 Å². The van der Waals surface area contributed by atoms with Gasteiger partial charge in [-0.1, -0.05) is 6.07 Å². The number of hydrogen-bond donors (Lipinski definition) is 3. The number of nitrogens with two attached hydrogens (primary N) is 1. The first-order valence-corrected chi connectivity index (χ1v) is 12.6. The molecule has 1 aliphatic carbocycles. The van der Waals surface area contributed by atoms with Crippen molar-refractivity contribution in [3.05, 3.63) is 64.7 Å². The number of carbonyl (C=O) groups excluding carboxylic acids is 2. The van der Waals surface area contributed by atoms with Gasteiger partial charge in [0.05, 0.1) is 12.3 Å². The molecule has 10 heteroatoms. The van der Waals surface area contributed by atoms with Gasteiger partial charge in [0, 0.05) is 41.5 Å². The lowest BCUT2D eigenvalue weighted by atomic mass is 9.96. The van der Waals surface area contributed by atoms with Crippen LogP contribution in [0.5, 0.6) is 5.75 Å². The van der Waals surface area contributed by atoms with Gasteiger partial charge in [-0.15, -0.1) is 11.3 Å². The molecule has 2 amide bonds. The van der Waals surface area contributed by atoms with Crippen LogP contribution in [0.1, 0.15) is 27.3 Å². The van der Waals surface area contributed by atoms with Gasteiger partial charge in [-0.25, -0.2) is 4.98 Å². The molecular weight excluding hydrogens is 478 g/mol. The Kier molecular flexibility index (Phi) is 8.52. The summed E-state index contributed by atoms with van der Waals surface area (Å²) in [6.45, 7) is 1.41. The van der Waals surface area contributed by atoms with Gasteiger partial charge in [-0.05, 0) is 68.8 Å². The number of likely N-dealkylation sites (N-methyl/N-ethyl adjacent to an activating group) is 1. The molecule has 1 aromatic heterocycles. The van der Waals surface area contributed by atoms with Crippen LogP contribution in [-0.4, -0.2) is 61.7 Å². The van der Waals surface area contributed by atoms with E-state index in [9.17, 15) is 9.59 Å². The third kappa shape index (κ3) is 6.81. The Balaban J connectivity index is 1.31. The van der Waals surface area contributed by atoms with Crippen molar-refractivity contribution in [1.82, 2.24) is 9.88 Å². The van der Waals surface area contributed by atoms with Crippen LogP contribution >= 0.6 is 11.3 Å². The van der Waals surface area contributed by atoms with Crippen molar-refractivity contribution in [3.8, 4) is 5.75 Å². The van der Waals surface area contributed by atoms with Crippen molar-refractivity contribution in [3.63, 3.8) is 0 Å². The second-order valence-electron chi connectivity index (χ2n) is 8.70. The molecule has 3 aromatic rings. The van der Waals surface area contributed by atoms with E-state index >= 15 is 0 Å². The predicted octanol–water partition coefficient (Wildman–Crippen LogP) is 3.43. The van der Waals surface area contributed by atoms with Crippen LogP contribution in [0.15, 0.2) is 48.5 Å². The molecule has 36 heavy (non-hydrogen) atoms. The fourth-order valence-corrected chi connectivity index (χ4v) is 5.09. The van der Waals surface area contributed by atoms with E-state index in [-0.39, 0.29) is 18.4 Å². The van der Waals surface area contributed by atoms with E-state index in [4.69, 9.17) is 15.2 Å². The summed E-state index contributed by atoms with van der Waals surface area (Å²) in [5, 5.41) is 6.25. The molecular formula is C26H31N5O4S. The van der Waals surface area contributed by atoms with E-state index in [0.717, 1.165) is 31.5 Å². The number of thiazole rings is 1. The second-order valence-corrected chi connectivity index (χ2v) is 9.78. The molecule has 0 aliphatic heterocycles. The number of benzene rings is 2. The summed E-state index contributed by atoms with van der Waals surface area (Å²) in [5.41, 5.74) is 8.40. The van der Waals surface area contributed by atoms with Gasteiger partial charge in [0.25, 0.3) is 11.8 Å². The molecule has 4 rings (SSSR count). The summed E-state index contributed by atoms with van der Waals surface area (Å²) in [7, 11) is 3.84. The number of nitrogens with one attached hydrogen (secondary N) is 2. The summed E-state index contributed by atoms with van der Waals surface area (Å²) in [4.78, 5) is 33.2. The number of anilines is 3. The summed E-state index contributed by atoms with van der Waals surface area (Å²) >= 11 is 1.53. The molecule has 1 atom stereocenters. The number of ether oxygens (including phenoxy) is 2. The molecule has 0 saturated heterocycles. The number of fused-ring (bicyclic) bond motifs is 1. The average Bonchev–Trinajstić information content (AvgIpc) is 3.29. The Labute approximate surface area is 214 Å². The Morgan fingerprint density at radius 1 is 1.19 bits per heavy atom. The second kappa shape index (κ2) is 12.0. The van der Waals surface area contributed by atoms with Crippen LogP contribution in [0.2, 0.25) is 0 Å². The third-order valence-electron chi connectivity index (χ3n) is 6.07. The lowest BCUT2D eigenvalue weighted by Crippen LogP contribution is -2.38. The van der Waals surface area contributed by atoms with Gasteiger partial charge in [-0.3, -0.25) is 14.9 Å².